The van der Waals surface area contributed by atoms with E-state index < -0.39 is 6.04 Å². The lowest BCUT2D eigenvalue weighted by molar-refractivity contribution is 0.207. The van der Waals surface area contributed by atoms with Crippen LogP contribution in [0.5, 0.6) is 0 Å². The molecule has 0 spiro atoms. The third-order valence-corrected chi connectivity index (χ3v) is 3.04. The van der Waals surface area contributed by atoms with Crippen molar-refractivity contribution in [2.45, 2.75) is 25.4 Å². The van der Waals surface area contributed by atoms with E-state index in [2.05, 4.69) is 0 Å². The minimum atomic E-state index is -0.467. The fourth-order valence-electron chi connectivity index (χ4n) is 2.07. The molecular formula is C14H17FN4. The monoisotopic (exact) mass is 260 g/mol. The highest BCUT2D eigenvalue weighted by Gasteiger charge is 2.27. The number of nitrogens with two attached hydrogens (primary N) is 1. The summed E-state index contributed by atoms with van der Waals surface area (Å²) in [6.07, 6.45) is 0.631. The second-order valence-electron chi connectivity index (χ2n) is 4.26. The van der Waals surface area contributed by atoms with Crippen LogP contribution in [0.25, 0.3) is 0 Å². The molecule has 0 aromatic heterocycles. The third-order valence-electron chi connectivity index (χ3n) is 3.04. The van der Waals surface area contributed by atoms with Gasteiger partial charge in [-0.15, -0.1) is 0 Å². The topological polar surface area (TPSA) is 76.8 Å². The number of hydrogen-bond acceptors (Lipinski definition) is 4. The van der Waals surface area contributed by atoms with Crippen LogP contribution in [0, 0.1) is 28.5 Å². The number of nitriles is 2. The second-order valence-corrected chi connectivity index (χ2v) is 4.26. The molecule has 0 bridgehead atoms. The summed E-state index contributed by atoms with van der Waals surface area (Å²) in [7, 11) is 0. The summed E-state index contributed by atoms with van der Waals surface area (Å²) in [4.78, 5) is 1.60. The molecule has 0 aliphatic heterocycles. The average Bonchev–Trinajstić information content (AvgIpc) is 2.41. The summed E-state index contributed by atoms with van der Waals surface area (Å²) >= 11 is 0. The lowest BCUT2D eigenvalue weighted by atomic mass is 9.95. The summed E-state index contributed by atoms with van der Waals surface area (Å²) in [5.74, 6) is -0.364. The van der Waals surface area contributed by atoms with Gasteiger partial charge >= 0.3 is 0 Å². The van der Waals surface area contributed by atoms with Gasteiger partial charge in [-0.1, -0.05) is 25.1 Å². The van der Waals surface area contributed by atoms with Gasteiger partial charge in [0.1, 0.15) is 5.82 Å². The SMILES string of the molecule is CCC(N)C(c1ccccc1F)N(CC#N)CC#N. The van der Waals surface area contributed by atoms with E-state index >= 15 is 0 Å². The molecule has 100 valence electrons. The minimum Gasteiger partial charge on any atom is -0.326 e. The summed E-state index contributed by atoms with van der Waals surface area (Å²) in [5.41, 5.74) is 6.49. The first kappa shape index (κ1) is 15.1. The Morgan fingerprint density at radius 1 is 1.26 bits per heavy atom. The minimum absolute atomic E-state index is 0.0419. The van der Waals surface area contributed by atoms with E-state index in [0.717, 1.165) is 0 Å². The third kappa shape index (κ3) is 3.75. The van der Waals surface area contributed by atoms with Gasteiger partial charge in [0.25, 0.3) is 0 Å². The molecule has 0 aliphatic rings. The number of hydrogen-bond donors (Lipinski definition) is 1. The highest BCUT2D eigenvalue weighted by Crippen LogP contribution is 2.26. The molecule has 1 aromatic carbocycles. The zero-order valence-corrected chi connectivity index (χ0v) is 10.9. The molecule has 1 aromatic rings. The predicted octanol–water partition coefficient (Wildman–Crippen LogP) is 1.95. The molecular weight excluding hydrogens is 243 g/mol. The van der Waals surface area contributed by atoms with Gasteiger partial charge in [0.05, 0.1) is 31.3 Å². The van der Waals surface area contributed by atoms with Crippen LogP contribution in [-0.2, 0) is 0 Å². The van der Waals surface area contributed by atoms with Crippen molar-refractivity contribution < 1.29 is 4.39 Å². The predicted molar refractivity (Wildman–Crippen MR) is 70.2 cm³/mol. The molecule has 2 N–H and O–H groups in total. The van der Waals surface area contributed by atoms with E-state index in [9.17, 15) is 4.39 Å². The van der Waals surface area contributed by atoms with Crippen molar-refractivity contribution in [1.82, 2.24) is 4.90 Å². The molecule has 0 heterocycles. The van der Waals surface area contributed by atoms with Crippen LogP contribution in [0.3, 0.4) is 0 Å². The molecule has 5 heteroatoms. The first-order valence-corrected chi connectivity index (χ1v) is 6.13. The largest absolute Gasteiger partial charge is 0.326 e. The Hall–Kier alpha value is -1.95. The van der Waals surface area contributed by atoms with Crippen LogP contribution >= 0.6 is 0 Å². The normalized spacial score (nSPS) is 13.6. The van der Waals surface area contributed by atoms with E-state index in [1.165, 1.54) is 6.07 Å². The van der Waals surface area contributed by atoms with Crippen molar-refractivity contribution in [3.05, 3.63) is 35.6 Å². The number of benzene rings is 1. The van der Waals surface area contributed by atoms with Crippen LogP contribution in [0.2, 0.25) is 0 Å². The zero-order chi connectivity index (χ0) is 14.3. The Kier molecular flexibility index (Phi) is 5.95. The highest BCUT2D eigenvalue weighted by atomic mass is 19.1. The highest BCUT2D eigenvalue weighted by molar-refractivity contribution is 5.23. The first-order valence-electron chi connectivity index (χ1n) is 6.13. The molecule has 19 heavy (non-hydrogen) atoms. The molecule has 0 amide bonds. The molecule has 0 aliphatic carbocycles. The molecule has 2 unspecified atom stereocenters. The maximum Gasteiger partial charge on any atom is 0.128 e. The van der Waals surface area contributed by atoms with Crippen LogP contribution in [-0.4, -0.2) is 24.0 Å². The van der Waals surface area contributed by atoms with Crippen molar-refractivity contribution >= 4 is 0 Å². The van der Waals surface area contributed by atoms with Gasteiger partial charge in [0.2, 0.25) is 0 Å². The lowest BCUT2D eigenvalue weighted by Gasteiger charge is -2.32. The summed E-state index contributed by atoms with van der Waals surface area (Å²) in [5, 5.41) is 17.7. The van der Waals surface area contributed by atoms with Gasteiger partial charge in [0.15, 0.2) is 0 Å². The zero-order valence-electron chi connectivity index (χ0n) is 10.9. The number of rotatable bonds is 6. The number of nitrogens with zero attached hydrogens (tertiary/aromatic N) is 3. The summed E-state index contributed by atoms with van der Waals surface area (Å²) in [6, 6.07) is 9.54. The summed E-state index contributed by atoms with van der Waals surface area (Å²) < 4.78 is 13.9. The molecule has 1 rings (SSSR count). The van der Waals surface area contributed by atoms with Crippen LogP contribution in [0.15, 0.2) is 24.3 Å². The average molecular weight is 260 g/mol. The van der Waals surface area contributed by atoms with Gasteiger partial charge < -0.3 is 5.73 Å². The fraction of sp³-hybridized carbons (Fsp3) is 0.429. The van der Waals surface area contributed by atoms with Gasteiger partial charge in [-0.2, -0.15) is 10.5 Å². The molecule has 2 atom stereocenters. The van der Waals surface area contributed by atoms with Gasteiger partial charge in [0, 0.05) is 11.6 Å². The lowest BCUT2D eigenvalue weighted by Crippen LogP contribution is -2.41. The van der Waals surface area contributed by atoms with Crippen LogP contribution in [0.4, 0.5) is 4.39 Å². The maximum absolute atomic E-state index is 13.9. The Labute approximate surface area is 112 Å². The quantitative estimate of drug-likeness (QED) is 0.793. The van der Waals surface area contributed by atoms with Crippen molar-refractivity contribution in [3.8, 4) is 12.1 Å². The van der Waals surface area contributed by atoms with Crippen molar-refractivity contribution in [3.63, 3.8) is 0 Å². The second kappa shape index (κ2) is 7.48. The van der Waals surface area contributed by atoms with Gasteiger partial charge in [-0.3, -0.25) is 4.90 Å². The van der Waals surface area contributed by atoms with E-state index in [1.54, 1.807) is 23.1 Å². The first-order chi connectivity index (χ1) is 9.15. The van der Waals surface area contributed by atoms with E-state index in [-0.39, 0.29) is 24.9 Å². The van der Waals surface area contributed by atoms with Crippen LogP contribution < -0.4 is 5.73 Å². The standard InChI is InChI=1S/C14H17FN4/c1-2-13(18)14(19(9-7-16)10-8-17)11-5-3-4-6-12(11)15/h3-6,13-14H,2,9-10,18H2,1H3. The Morgan fingerprint density at radius 2 is 1.84 bits per heavy atom. The van der Waals surface area contributed by atoms with E-state index in [4.69, 9.17) is 16.3 Å². The van der Waals surface area contributed by atoms with Gasteiger partial charge in [-0.25, -0.2) is 4.39 Å². The Balaban J connectivity index is 3.18. The fourth-order valence-corrected chi connectivity index (χ4v) is 2.07. The Morgan fingerprint density at radius 3 is 2.32 bits per heavy atom. The molecule has 0 saturated heterocycles. The smallest absolute Gasteiger partial charge is 0.128 e. The van der Waals surface area contributed by atoms with Crippen molar-refractivity contribution in [1.29, 1.82) is 10.5 Å². The molecule has 0 fully saturated rings. The number of halogens is 1. The van der Waals surface area contributed by atoms with E-state index in [1.807, 2.05) is 19.1 Å². The maximum atomic E-state index is 13.9. The Bertz CT molecular complexity index is 473. The molecule has 4 nitrogen and oxygen atoms in total. The van der Waals surface area contributed by atoms with Gasteiger partial charge in [-0.05, 0) is 12.5 Å². The van der Waals surface area contributed by atoms with E-state index in [0.29, 0.717) is 12.0 Å². The summed E-state index contributed by atoms with van der Waals surface area (Å²) in [6.45, 7) is 1.98. The molecule has 0 radical (unpaired) electrons. The molecule has 0 saturated carbocycles. The van der Waals surface area contributed by atoms with Crippen molar-refractivity contribution in [2.75, 3.05) is 13.1 Å². The van der Waals surface area contributed by atoms with Crippen molar-refractivity contribution in [2.24, 2.45) is 5.73 Å². The van der Waals surface area contributed by atoms with Crippen LogP contribution in [0.1, 0.15) is 24.9 Å².